The van der Waals surface area contributed by atoms with E-state index in [1.165, 1.54) is 0 Å². The molecule has 0 unspecified atom stereocenters. The molecule has 15 heavy (non-hydrogen) atoms. The summed E-state index contributed by atoms with van der Waals surface area (Å²) in [5.74, 6) is 0.270. The third-order valence-electron chi connectivity index (χ3n) is 2.70. The summed E-state index contributed by atoms with van der Waals surface area (Å²) < 4.78 is 1.69. The van der Waals surface area contributed by atoms with Gasteiger partial charge in [-0.25, -0.2) is 0 Å². The summed E-state index contributed by atoms with van der Waals surface area (Å²) in [6.45, 7) is 3.86. The molecule has 0 amide bonds. The van der Waals surface area contributed by atoms with Gasteiger partial charge in [-0.05, 0) is 19.4 Å². The van der Waals surface area contributed by atoms with E-state index in [4.69, 9.17) is 0 Å². The molecule has 1 aromatic heterocycles. The van der Waals surface area contributed by atoms with E-state index in [9.17, 15) is 5.11 Å². The van der Waals surface area contributed by atoms with Crippen molar-refractivity contribution in [1.82, 2.24) is 9.78 Å². The van der Waals surface area contributed by atoms with Crippen LogP contribution < -0.4 is 0 Å². The fraction of sp³-hybridized carbons (Fsp3) is 0.250. The number of hydrogen-bond donors (Lipinski definition) is 1. The topological polar surface area (TPSA) is 38.0 Å². The summed E-state index contributed by atoms with van der Waals surface area (Å²) in [7, 11) is 1.83. The van der Waals surface area contributed by atoms with Crippen LogP contribution >= 0.6 is 0 Å². The lowest BCUT2D eigenvalue weighted by Crippen LogP contribution is -1.92. The van der Waals surface area contributed by atoms with E-state index in [1.54, 1.807) is 4.68 Å². The molecule has 0 saturated heterocycles. The molecular weight excluding hydrogens is 188 g/mol. The van der Waals surface area contributed by atoms with Crippen LogP contribution in [0.2, 0.25) is 0 Å². The molecule has 0 saturated carbocycles. The molecule has 0 atom stereocenters. The highest BCUT2D eigenvalue weighted by molar-refractivity contribution is 5.69. The highest BCUT2D eigenvalue weighted by Crippen LogP contribution is 2.32. The monoisotopic (exact) mass is 202 g/mol. The molecule has 1 N–H and O–H groups in total. The van der Waals surface area contributed by atoms with Crippen molar-refractivity contribution >= 4 is 0 Å². The maximum atomic E-state index is 9.91. The fourth-order valence-corrected chi connectivity index (χ4v) is 1.62. The van der Waals surface area contributed by atoms with Crippen LogP contribution in [-0.2, 0) is 7.05 Å². The van der Waals surface area contributed by atoms with E-state index in [0.717, 1.165) is 16.8 Å². The van der Waals surface area contributed by atoms with Gasteiger partial charge >= 0.3 is 0 Å². The standard InChI is InChI=1S/C12H14N2O/c1-8-6-4-5-7-10(8)11-12(15)9(2)14(3)13-11/h4-7,15H,1-3H3. The Hall–Kier alpha value is -1.77. The van der Waals surface area contributed by atoms with Crippen molar-refractivity contribution < 1.29 is 5.11 Å². The highest BCUT2D eigenvalue weighted by atomic mass is 16.3. The smallest absolute Gasteiger partial charge is 0.164 e. The van der Waals surface area contributed by atoms with Crippen LogP contribution in [0, 0.1) is 13.8 Å². The third-order valence-corrected chi connectivity index (χ3v) is 2.70. The molecule has 0 bridgehead atoms. The van der Waals surface area contributed by atoms with Gasteiger partial charge in [0.15, 0.2) is 5.75 Å². The maximum Gasteiger partial charge on any atom is 0.164 e. The number of aryl methyl sites for hydroxylation is 2. The zero-order valence-corrected chi connectivity index (χ0v) is 9.15. The summed E-state index contributed by atoms with van der Waals surface area (Å²) in [6.07, 6.45) is 0. The van der Waals surface area contributed by atoms with E-state index < -0.39 is 0 Å². The number of aromatic hydroxyl groups is 1. The first kappa shape index (κ1) is 9.77. The Morgan fingerprint density at radius 2 is 1.87 bits per heavy atom. The van der Waals surface area contributed by atoms with E-state index in [0.29, 0.717) is 5.69 Å². The molecule has 78 valence electrons. The van der Waals surface area contributed by atoms with Crippen molar-refractivity contribution in [2.24, 2.45) is 7.05 Å². The Bertz CT molecular complexity index is 500. The molecular formula is C12H14N2O. The number of benzene rings is 1. The molecule has 0 spiro atoms. The zero-order valence-electron chi connectivity index (χ0n) is 9.15. The minimum Gasteiger partial charge on any atom is -0.504 e. The van der Waals surface area contributed by atoms with Gasteiger partial charge in [-0.3, -0.25) is 4.68 Å². The minimum absolute atomic E-state index is 0.270. The van der Waals surface area contributed by atoms with Crippen molar-refractivity contribution in [2.45, 2.75) is 13.8 Å². The summed E-state index contributed by atoms with van der Waals surface area (Å²) >= 11 is 0. The molecule has 2 rings (SSSR count). The van der Waals surface area contributed by atoms with Crippen molar-refractivity contribution in [3.05, 3.63) is 35.5 Å². The van der Waals surface area contributed by atoms with Crippen LogP contribution in [-0.4, -0.2) is 14.9 Å². The van der Waals surface area contributed by atoms with Gasteiger partial charge in [0.1, 0.15) is 5.69 Å². The Kier molecular flexibility index (Phi) is 2.23. The summed E-state index contributed by atoms with van der Waals surface area (Å²) in [5.41, 5.74) is 3.55. The lowest BCUT2D eigenvalue weighted by atomic mass is 10.1. The van der Waals surface area contributed by atoms with Crippen LogP contribution in [0.3, 0.4) is 0 Å². The molecule has 1 heterocycles. The number of nitrogens with zero attached hydrogens (tertiary/aromatic N) is 2. The van der Waals surface area contributed by atoms with Gasteiger partial charge < -0.3 is 5.11 Å². The molecule has 3 nitrogen and oxygen atoms in total. The molecule has 0 aliphatic rings. The van der Waals surface area contributed by atoms with Crippen molar-refractivity contribution in [3.8, 4) is 17.0 Å². The molecule has 3 heteroatoms. The van der Waals surface area contributed by atoms with Gasteiger partial charge in [-0.1, -0.05) is 24.3 Å². The Morgan fingerprint density at radius 3 is 2.40 bits per heavy atom. The lowest BCUT2D eigenvalue weighted by Gasteiger charge is -2.01. The average Bonchev–Trinajstić information content (AvgIpc) is 2.47. The number of hydrogen-bond acceptors (Lipinski definition) is 2. The molecule has 0 radical (unpaired) electrons. The molecule has 0 aliphatic carbocycles. The van der Waals surface area contributed by atoms with Gasteiger partial charge in [-0.2, -0.15) is 5.10 Å². The van der Waals surface area contributed by atoms with Crippen molar-refractivity contribution in [1.29, 1.82) is 0 Å². The SMILES string of the molecule is Cc1ccccc1-c1nn(C)c(C)c1O. The van der Waals surface area contributed by atoms with Gasteiger partial charge in [0.25, 0.3) is 0 Å². The van der Waals surface area contributed by atoms with Crippen LogP contribution in [0.15, 0.2) is 24.3 Å². The summed E-state index contributed by atoms with van der Waals surface area (Å²) in [6, 6.07) is 7.91. The minimum atomic E-state index is 0.270. The van der Waals surface area contributed by atoms with Gasteiger partial charge in [-0.15, -0.1) is 0 Å². The molecule has 2 aromatic rings. The summed E-state index contributed by atoms with van der Waals surface area (Å²) in [4.78, 5) is 0. The Morgan fingerprint density at radius 1 is 1.20 bits per heavy atom. The highest BCUT2D eigenvalue weighted by Gasteiger charge is 2.14. The van der Waals surface area contributed by atoms with Gasteiger partial charge in [0.05, 0.1) is 5.69 Å². The van der Waals surface area contributed by atoms with Crippen LogP contribution in [0.25, 0.3) is 11.3 Å². The number of aromatic nitrogens is 2. The second kappa shape index (κ2) is 3.42. The molecule has 0 fully saturated rings. The average molecular weight is 202 g/mol. The largest absolute Gasteiger partial charge is 0.504 e. The molecule has 1 aromatic carbocycles. The van der Waals surface area contributed by atoms with E-state index in [-0.39, 0.29) is 5.75 Å². The predicted octanol–water partition coefficient (Wildman–Crippen LogP) is 2.41. The predicted molar refractivity (Wildman–Crippen MR) is 59.8 cm³/mol. The molecule has 0 aliphatic heterocycles. The fourth-order valence-electron chi connectivity index (χ4n) is 1.62. The second-order valence-electron chi connectivity index (χ2n) is 3.72. The van der Waals surface area contributed by atoms with Crippen LogP contribution in [0.1, 0.15) is 11.3 Å². The first-order valence-corrected chi connectivity index (χ1v) is 4.90. The maximum absolute atomic E-state index is 9.91. The first-order chi connectivity index (χ1) is 7.11. The summed E-state index contributed by atoms with van der Waals surface area (Å²) in [5, 5.41) is 14.2. The van der Waals surface area contributed by atoms with Gasteiger partial charge in [0, 0.05) is 12.6 Å². The van der Waals surface area contributed by atoms with E-state index in [1.807, 2.05) is 45.2 Å². The lowest BCUT2D eigenvalue weighted by molar-refractivity contribution is 0.471. The second-order valence-corrected chi connectivity index (χ2v) is 3.72. The quantitative estimate of drug-likeness (QED) is 0.771. The Balaban J connectivity index is 2.65. The van der Waals surface area contributed by atoms with Crippen molar-refractivity contribution in [2.75, 3.05) is 0 Å². The normalized spacial score (nSPS) is 10.6. The third kappa shape index (κ3) is 1.50. The first-order valence-electron chi connectivity index (χ1n) is 4.90. The van der Waals surface area contributed by atoms with Crippen molar-refractivity contribution in [3.63, 3.8) is 0 Å². The zero-order chi connectivity index (χ0) is 11.0. The van der Waals surface area contributed by atoms with Crippen LogP contribution in [0.5, 0.6) is 5.75 Å². The van der Waals surface area contributed by atoms with Gasteiger partial charge in [0.2, 0.25) is 0 Å². The Labute approximate surface area is 89.0 Å². The van der Waals surface area contributed by atoms with E-state index >= 15 is 0 Å². The van der Waals surface area contributed by atoms with Crippen LogP contribution in [0.4, 0.5) is 0 Å². The number of rotatable bonds is 1. The van der Waals surface area contributed by atoms with E-state index in [2.05, 4.69) is 5.10 Å².